The summed E-state index contributed by atoms with van der Waals surface area (Å²) >= 11 is 0.222. The van der Waals surface area contributed by atoms with Gasteiger partial charge in [-0.1, -0.05) is 0 Å². The summed E-state index contributed by atoms with van der Waals surface area (Å²) in [5, 5.41) is 0. The van der Waals surface area contributed by atoms with Crippen molar-refractivity contribution in [1.82, 2.24) is 0 Å². The van der Waals surface area contributed by atoms with E-state index in [0.29, 0.717) is 0 Å². The van der Waals surface area contributed by atoms with Crippen molar-refractivity contribution in [3.8, 4) is 0 Å². The Balaban J connectivity index is 1.84. The molecule has 3 rings (SSSR count). The molecule has 78 valence electrons. The zero-order valence-corrected chi connectivity index (χ0v) is 10.3. The van der Waals surface area contributed by atoms with Crippen LogP contribution >= 0.6 is 0 Å². The molecule has 0 bridgehead atoms. The average molecular weight is 273 g/mol. The minimum atomic E-state index is 0.222. The molecule has 1 aliphatic carbocycles. The van der Waals surface area contributed by atoms with E-state index in [-0.39, 0.29) is 15.0 Å². The van der Waals surface area contributed by atoms with Crippen molar-refractivity contribution in [3.05, 3.63) is 54.3 Å². The molecular weight excluding hydrogens is 263 g/mol. The second-order valence-corrected chi connectivity index (χ2v) is 5.72. The topological polar surface area (TPSA) is 24.7 Å². The first-order chi connectivity index (χ1) is 7.92. The summed E-state index contributed by atoms with van der Waals surface area (Å²) in [6.45, 7) is 0. The SMILES string of the molecule is C1=CC2=NC([Se]c3ccccc3)=NC2=CC1. The van der Waals surface area contributed by atoms with Gasteiger partial charge in [-0.3, -0.25) is 0 Å². The van der Waals surface area contributed by atoms with Crippen molar-refractivity contribution in [2.75, 3.05) is 0 Å². The van der Waals surface area contributed by atoms with Gasteiger partial charge in [-0.15, -0.1) is 0 Å². The van der Waals surface area contributed by atoms with E-state index in [1.807, 2.05) is 6.07 Å². The fourth-order valence-electron chi connectivity index (χ4n) is 1.62. The molecule has 0 saturated carbocycles. The van der Waals surface area contributed by atoms with Gasteiger partial charge in [0.1, 0.15) is 0 Å². The Hall–Kier alpha value is -1.44. The van der Waals surface area contributed by atoms with Crippen molar-refractivity contribution in [3.63, 3.8) is 0 Å². The maximum absolute atomic E-state index is 4.56. The number of nitrogens with zero attached hydrogens (tertiary/aromatic N) is 2. The molecule has 0 radical (unpaired) electrons. The summed E-state index contributed by atoms with van der Waals surface area (Å²) in [7, 11) is 0. The molecule has 3 heteroatoms. The number of amidine groups is 1. The first-order valence-corrected chi connectivity index (χ1v) is 6.90. The number of aliphatic imine (C=N–C) groups is 2. The molecule has 1 aromatic carbocycles. The molecule has 2 nitrogen and oxygen atoms in total. The van der Waals surface area contributed by atoms with E-state index in [2.05, 4.69) is 52.5 Å². The number of hydrogen-bond acceptors (Lipinski definition) is 2. The fraction of sp³-hybridized carbons (Fsp3) is 0.0769. The summed E-state index contributed by atoms with van der Waals surface area (Å²) in [4.78, 5) is 9.10. The van der Waals surface area contributed by atoms with Gasteiger partial charge in [0.2, 0.25) is 0 Å². The zero-order valence-electron chi connectivity index (χ0n) is 8.63. The standard InChI is InChI=1S/C13H10N2Se/c1-2-6-10(7-3-1)16-13-14-11-8-4-5-9-12(11)15-13/h1-4,6-9H,5H2. The Kier molecular flexibility index (Phi) is 2.56. The van der Waals surface area contributed by atoms with Crippen LogP contribution in [0.1, 0.15) is 6.42 Å². The van der Waals surface area contributed by atoms with Crippen LogP contribution < -0.4 is 4.46 Å². The van der Waals surface area contributed by atoms with Gasteiger partial charge >= 0.3 is 101 Å². The van der Waals surface area contributed by atoms with Crippen LogP contribution in [0, 0.1) is 0 Å². The van der Waals surface area contributed by atoms with Crippen LogP contribution in [0.4, 0.5) is 0 Å². The molecule has 0 unspecified atom stereocenters. The molecule has 0 saturated heterocycles. The van der Waals surface area contributed by atoms with Crippen molar-refractivity contribution in [2.45, 2.75) is 6.42 Å². The third-order valence-electron chi connectivity index (χ3n) is 2.37. The molecular formula is C13H10N2Se. The first-order valence-electron chi connectivity index (χ1n) is 5.19. The molecule has 0 N–H and O–H groups in total. The predicted molar refractivity (Wildman–Crippen MR) is 68.5 cm³/mol. The summed E-state index contributed by atoms with van der Waals surface area (Å²) in [6.07, 6.45) is 7.29. The quantitative estimate of drug-likeness (QED) is 0.732. The predicted octanol–water partition coefficient (Wildman–Crippen LogP) is 1.67. The number of benzene rings is 1. The van der Waals surface area contributed by atoms with Crippen LogP contribution in [0.25, 0.3) is 0 Å². The molecule has 1 aromatic rings. The Morgan fingerprint density at radius 1 is 1.06 bits per heavy atom. The van der Waals surface area contributed by atoms with Crippen molar-refractivity contribution in [1.29, 1.82) is 0 Å². The Labute approximate surface area is 101 Å². The number of fused-ring (bicyclic) bond motifs is 1. The van der Waals surface area contributed by atoms with Gasteiger partial charge < -0.3 is 0 Å². The van der Waals surface area contributed by atoms with E-state index >= 15 is 0 Å². The maximum atomic E-state index is 4.56. The minimum absolute atomic E-state index is 0.222. The molecule has 0 fully saturated rings. The summed E-state index contributed by atoms with van der Waals surface area (Å²) in [6, 6.07) is 10.4. The number of hydrogen-bond donors (Lipinski definition) is 0. The Morgan fingerprint density at radius 3 is 2.75 bits per heavy atom. The van der Waals surface area contributed by atoms with E-state index in [0.717, 1.165) is 22.6 Å². The third-order valence-corrected chi connectivity index (χ3v) is 4.20. The molecule has 16 heavy (non-hydrogen) atoms. The van der Waals surface area contributed by atoms with Crippen molar-refractivity contribution >= 4 is 29.9 Å². The van der Waals surface area contributed by atoms with E-state index in [4.69, 9.17) is 0 Å². The van der Waals surface area contributed by atoms with E-state index < -0.39 is 0 Å². The average Bonchev–Trinajstić information content (AvgIpc) is 2.72. The first kappa shape index (κ1) is 9.76. The van der Waals surface area contributed by atoms with Crippen LogP contribution in [0.15, 0.2) is 64.2 Å². The second kappa shape index (κ2) is 4.20. The summed E-state index contributed by atoms with van der Waals surface area (Å²) in [5.41, 5.74) is 2.08. The van der Waals surface area contributed by atoms with Crippen LogP contribution in [0.5, 0.6) is 0 Å². The van der Waals surface area contributed by atoms with Gasteiger partial charge in [0.15, 0.2) is 0 Å². The van der Waals surface area contributed by atoms with E-state index in [1.165, 1.54) is 4.46 Å². The van der Waals surface area contributed by atoms with Gasteiger partial charge in [0.05, 0.1) is 0 Å². The molecule has 0 atom stereocenters. The fourth-order valence-corrected chi connectivity index (χ4v) is 3.28. The molecule has 1 heterocycles. The summed E-state index contributed by atoms with van der Waals surface area (Å²) in [5.74, 6) is 0. The summed E-state index contributed by atoms with van der Waals surface area (Å²) < 4.78 is 2.30. The Morgan fingerprint density at radius 2 is 1.94 bits per heavy atom. The molecule has 0 aromatic heterocycles. The van der Waals surface area contributed by atoms with E-state index in [9.17, 15) is 0 Å². The van der Waals surface area contributed by atoms with Gasteiger partial charge in [-0.05, 0) is 0 Å². The molecule has 1 aliphatic heterocycles. The monoisotopic (exact) mass is 274 g/mol. The number of allylic oxidation sites excluding steroid dienone is 3. The van der Waals surface area contributed by atoms with Gasteiger partial charge in [0, 0.05) is 0 Å². The Bertz CT molecular complexity index is 524. The van der Waals surface area contributed by atoms with Crippen molar-refractivity contribution in [2.24, 2.45) is 9.98 Å². The van der Waals surface area contributed by atoms with Crippen LogP contribution in [-0.4, -0.2) is 25.4 Å². The van der Waals surface area contributed by atoms with Crippen LogP contribution in [-0.2, 0) is 0 Å². The van der Waals surface area contributed by atoms with Crippen molar-refractivity contribution < 1.29 is 0 Å². The van der Waals surface area contributed by atoms with Gasteiger partial charge in [-0.2, -0.15) is 0 Å². The van der Waals surface area contributed by atoms with Gasteiger partial charge in [-0.25, -0.2) is 0 Å². The molecule has 0 amide bonds. The second-order valence-electron chi connectivity index (χ2n) is 3.53. The zero-order chi connectivity index (χ0) is 10.8. The van der Waals surface area contributed by atoms with Crippen LogP contribution in [0.2, 0.25) is 0 Å². The van der Waals surface area contributed by atoms with Gasteiger partial charge in [0.25, 0.3) is 0 Å². The normalized spacial score (nSPS) is 17.6. The third kappa shape index (κ3) is 1.92. The molecule has 0 spiro atoms. The van der Waals surface area contributed by atoms with Crippen LogP contribution in [0.3, 0.4) is 0 Å². The molecule has 2 aliphatic rings. The van der Waals surface area contributed by atoms with E-state index in [1.54, 1.807) is 0 Å². The number of rotatable bonds is 2.